The number of amides is 1. The molecule has 34 heavy (non-hydrogen) atoms. The number of ether oxygens (including phenoxy) is 1. The summed E-state index contributed by atoms with van der Waals surface area (Å²) >= 11 is 6.55. The Morgan fingerprint density at radius 1 is 1.00 bits per heavy atom. The van der Waals surface area contributed by atoms with Crippen LogP contribution in [0.15, 0.2) is 93.4 Å². The van der Waals surface area contributed by atoms with Gasteiger partial charge in [-0.05, 0) is 42.0 Å². The maximum atomic E-state index is 12.8. The first-order valence-electron chi connectivity index (χ1n) is 10.5. The SMILES string of the molecule is COCc1nnc(SCC(=O)Nc2ccccc2SCc2cccc(Br)c2)n1-c1ccccc1. The van der Waals surface area contributed by atoms with Gasteiger partial charge in [-0.15, -0.1) is 22.0 Å². The minimum Gasteiger partial charge on any atom is -0.377 e. The predicted octanol–water partition coefficient (Wildman–Crippen LogP) is 6.20. The van der Waals surface area contributed by atoms with Gasteiger partial charge >= 0.3 is 0 Å². The maximum absolute atomic E-state index is 12.8. The number of aromatic nitrogens is 3. The summed E-state index contributed by atoms with van der Waals surface area (Å²) in [7, 11) is 1.62. The lowest BCUT2D eigenvalue weighted by atomic mass is 10.2. The van der Waals surface area contributed by atoms with E-state index in [0.29, 0.717) is 17.6 Å². The third-order valence-corrected chi connectivity index (χ3v) is 7.33. The molecule has 1 heterocycles. The van der Waals surface area contributed by atoms with Crippen LogP contribution in [-0.2, 0) is 21.9 Å². The molecule has 0 aliphatic heterocycles. The van der Waals surface area contributed by atoms with Crippen LogP contribution in [0.1, 0.15) is 11.4 Å². The zero-order valence-electron chi connectivity index (χ0n) is 18.5. The van der Waals surface area contributed by atoms with Crippen molar-refractivity contribution in [3.05, 3.63) is 94.7 Å². The summed E-state index contributed by atoms with van der Waals surface area (Å²) in [4.78, 5) is 13.8. The first kappa shape index (κ1) is 24.5. The number of thioether (sulfide) groups is 2. The predicted molar refractivity (Wildman–Crippen MR) is 142 cm³/mol. The number of anilines is 1. The second-order valence-corrected chi connectivity index (χ2v) is 10.1. The second-order valence-electron chi connectivity index (χ2n) is 7.25. The van der Waals surface area contributed by atoms with Crippen molar-refractivity contribution in [2.45, 2.75) is 22.4 Å². The molecule has 0 radical (unpaired) electrons. The summed E-state index contributed by atoms with van der Waals surface area (Å²) in [5.41, 5.74) is 2.94. The third-order valence-electron chi connectivity index (χ3n) is 4.77. The van der Waals surface area contributed by atoms with Crippen LogP contribution in [-0.4, -0.2) is 33.5 Å². The summed E-state index contributed by atoms with van der Waals surface area (Å²) in [6.45, 7) is 0.331. The van der Waals surface area contributed by atoms with E-state index in [0.717, 1.165) is 26.5 Å². The Balaban J connectivity index is 1.41. The van der Waals surface area contributed by atoms with Crippen LogP contribution in [0, 0.1) is 0 Å². The summed E-state index contributed by atoms with van der Waals surface area (Å²) in [5, 5.41) is 12.2. The first-order valence-corrected chi connectivity index (χ1v) is 13.3. The number of rotatable bonds is 10. The first-order chi connectivity index (χ1) is 16.6. The summed E-state index contributed by atoms with van der Waals surface area (Å²) in [6, 6.07) is 25.9. The van der Waals surface area contributed by atoms with Crippen LogP contribution >= 0.6 is 39.5 Å². The molecule has 0 fully saturated rings. The fraction of sp³-hybridized carbons (Fsp3) is 0.160. The lowest BCUT2D eigenvalue weighted by Gasteiger charge is -2.12. The molecule has 0 atom stereocenters. The number of nitrogens with zero attached hydrogens (tertiary/aromatic N) is 3. The van der Waals surface area contributed by atoms with Crippen molar-refractivity contribution >= 4 is 51.0 Å². The van der Waals surface area contributed by atoms with Gasteiger partial charge in [0, 0.05) is 27.9 Å². The molecule has 3 aromatic carbocycles. The van der Waals surface area contributed by atoms with Crippen LogP contribution in [0.3, 0.4) is 0 Å². The van der Waals surface area contributed by atoms with Gasteiger partial charge in [0.25, 0.3) is 0 Å². The molecule has 0 aliphatic carbocycles. The Bertz CT molecular complexity index is 1250. The average Bonchev–Trinajstić information content (AvgIpc) is 3.25. The van der Waals surface area contributed by atoms with Gasteiger partial charge in [0.2, 0.25) is 5.91 Å². The smallest absolute Gasteiger partial charge is 0.234 e. The Hall–Kier alpha value is -2.59. The maximum Gasteiger partial charge on any atom is 0.234 e. The van der Waals surface area contributed by atoms with Crippen molar-refractivity contribution in [3.63, 3.8) is 0 Å². The molecular formula is C25H23BrN4O2S2. The molecule has 6 nitrogen and oxygen atoms in total. The van der Waals surface area contributed by atoms with E-state index < -0.39 is 0 Å². The van der Waals surface area contributed by atoms with Crippen molar-refractivity contribution in [3.8, 4) is 5.69 Å². The molecule has 0 unspecified atom stereocenters. The van der Waals surface area contributed by atoms with Crippen LogP contribution < -0.4 is 5.32 Å². The van der Waals surface area contributed by atoms with Crippen LogP contribution in [0.25, 0.3) is 5.69 Å². The number of hydrogen-bond acceptors (Lipinski definition) is 6. The Labute approximate surface area is 215 Å². The Morgan fingerprint density at radius 2 is 1.79 bits per heavy atom. The lowest BCUT2D eigenvalue weighted by molar-refractivity contribution is -0.113. The number of carbonyl (C=O) groups is 1. The number of methoxy groups -OCH3 is 1. The third kappa shape index (κ3) is 6.50. The number of nitrogens with one attached hydrogen (secondary N) is 1. The molecule has 9 heteroatoms. The molecule has 4 rings (SSSR count). The van der Waals surface area contributed by atoms with E-state index in [9.17, 15) is 4.79 Å². The fourth-order valence-electron chi connectivity index (χ4n) is 3.25. The molecule has 1 amide bonds. The van der Waals surface area contributed by atoms with Crippen LogP contribution in [0.2, 0.25) is 0 Å². The molecule has 0 spiro atoms. The van der Waals surface area contributed by atoms with Crippen LogP contribution in [0.4, 0.5) is 5.69 Å². The zero-order chi connectivity index (χ0) is 23.8. The van der Waals surface area contributed by atoms with Gasteiger partial charge in [0.05, 0.1) is 11.4 Å². The van der Waals surface area contributed by atoms with E-state index in [-0.39, 0.29) is 11.7 Å². The standard InChI is InChI=1S/C25H23BrN4O2S2/c1-32-15-23-28-29-25(30(23)20-10-3-2-4-11-20)34-17-24(31)27-21-12-5-6-13-22(21)33-16-18-8-7-9-19(26)14-18/h2-14H,15-17H2,1H3,(H,27,31). The normalized spacial score (nSPS) is 10.9. The van der Waals surface area contributed by atoms with Gasteiger partial charge in [-0.3, -0.25) is 9.36 Å². The molecule has 0 aliphatic rings. The number of para-hydroxylation sites is 2. The van der Waals surface area contributed by atoms with Crippen molar-refractivity contribution < 1.29 is 9.53 Å². The van der Waals surface area contributed by atoms with Gasteiger partial charge in [0.1, 0.15) is 6.61 Å². The largest absolute Gasteiger partial charge is 0.377 e. The van der Waals surface area contributed by atoms with E-state index in [2.05, 4.69) is 43.6 Å². The molecule has 0 saturated carbocycles. The van der Waals surface area contributed by atoms with Gasteiger partial charge in [-0.1, -0.05) is 70.2 Å². The minimum absolute atomic E-state index is 0.101. The highest BCUT2D eigenvalue weighted by molar-refractivity contribution is 9.10. The van der Waals surface area contributed by atoms with E-state index in [4.69, 9.17) is 4.74 Å². The number of hydrogen-bond donors (Lipinski definition) is 1. The summed E-state index contributed by atoms with van der Waals surface area (Å²) < 4.78 is 8.24. The van der Waals surface area contributed by atoms with Crippen molar-refractivity contribution in [2.75, 3.05) is 18.2 Å². The molecule has 0 saturated heterocycles. The topological polar surface area (TPSA) is 69.0 Å². The Kier molecular flexibility index (Phi) is 8.81. The lowest BCUT2D eigenvalue weighted by Crippen LogP contribution is -2.15. The van der Waals surface area contributed by atoms with Crippen molar-refractivity contribution in [2.24, 2.45) is 0 Å². The van der Waals surface area contributed by atoms with Crippen molar-refractivity contribution in [1.82, 2.24) is 14.8 Å². The molecule has 1 N–H and O–H groups in total. The van der Waals surface area contributed by atoms with Gasteiger partial charge in [-0.2, -0.15) is 0 Å². The van der Waals surface area contributed by atoms with Crippen LogP contribution in [0.5, 0.6) is 0 Å². The van der Waals surface area contributed by atoms with Crippen molar-refractivity contribution in [1.29, 1.82) is 0 Å². The highest BCUT2D eigenvalue weighted by Gasteiger charge is 2.16. The molecule has 4 aromatic rings. The zero-order valence-corrected chi connectivity index (χ0v) is 21.7. The number of carbonyl (C=O) groups excluding carboxylic acids is 1. The average molecular weight is 556 g/mol. The van der Waals surface area contributed by atoms with E-state index in [1.165, 1.54) is 17.3 Å². The second kappa shape index (κ2) is 12.2. The van der Waals surface area contributed by atoms with E-state index in [1.807, 2.05) is 71.3 Å². The summed E-state index contributed by atoms with van der Waals surface area (Å²) in [5.74, 6) is 1.61. The monoisotopic (exact) mass is 554 g/mol. The van der Waals surface area contributed by atoms with E-state index >= 15 is 0 Å². The Morgan fingerprint density at radius 3 is 2.59 bits per heavy atom. The molecule has 174 valence electrons. The van der Waals surface area contributed by atoms with Gasteiger partial charge in [-0.25, -0.2) is 0 Å². The fourth-order valence-corrected chi connectivity index (χ4v) is 5.42. The molecule has 0 bridgehead atoms. The van der Waals surface area contributed by atoms with Gasteiger partial charge < -0.3 is 10.1 Å². The highest BCUT2D eigenvalue weighted by atomic mass is 79.9. The molecular weight excluding hydrogens is 532 g/mol. The summed E-state index contributed by atoms with van der Waals surface area (Å²) in [6.07, 6.45) is 0. The van der Waals surface area contributed by atoms with Gasteiger partial charge in [0.15, 0.2) is 11.0 Å². The number of benzene rings is 3. The van der Waals surface area contributed by atoms with E-state index in [1.54, 1.807) is 18.9 Å². The number of halogens is 1. The quantitative estimate of drug-likeness (QED) is 0.235. The highest BCUT2D eigenvalue weighted by Crippen LogP contribution is 2.31. The molecule has 1 aromatic heterocycles. The minimum atomic E-state index is -0.101.